The van der Waals surface area contributed by atoms with Gasteiger partial charge in [-0.1, -0.05) is 140 Å². The van der Waals surface area contributed by atoms with Crippen LogP contribution >= 0.6 is 0 Å². The summed E-state index contributed by atoms with van der Waals surface area (Å²) in [4.78, 5) is 2.33. The van der Waals surface area contributed by atoms with Gasteiger partial charge in [-0.25, -0.2) is 0 Å². The van der Waals surface area contributed by atoms with Crippen molar-refractivity contribution in [2.75, 3.05) is 4.90 Å². The van der Waals surface area contributed by atoms with E-state index < -0.39 is 0 Å². The zero-order valence-corrected chi connectivity index (χ0v) is 25.8. The van der Waals surface area contributed by atoms with Crippen molar-refractivity contribution in [3.05, 3.63) is 188 Å². The average Bonchev–Trinajstić information content (AvgIpc) is 3.15. The zero-order valence-electron chi connectivity index (χ0n) is 25.8. The summed E-state index contributed by atoms with van der Waals surface area (Å²) in [6.45, 7) is 0. The minimum absolute atomic E-state index is 1.12. The Labute approximate surface area is 274 Å². The van der Waals surface area contributed by atoms with Crippen molar-refractivity contribution in [3.8, 4) is 22.3 Å². The largest absolute Gasteiger partial charge is 0.311 e. The van der Waals surface area contributed by atoms with Crippen molar-refractivity contribution >= 4 is 60.2 Å². The van der Waals surface area contributed by atoms with Crippen molar-refractivity contribution in [2.24, 2.45) is 0 Å². The Bertz CT molecular complexity index is 2380. The van der Waals surface area contributed by atoms with Crippen LogP contribution in [-0.4, -0.2) is 0 Å². The molecule has 0 saturated heterocycles. The lowest BCUT2D eigenvalue weighted by Crippen LogP contribution is -2.09. The molecule has 1 heteroatoms. The molecule has 0 unspecified atom stereocenters. The third kappa shape index (κ3) is 4.90. The Morgan fingerprint density at radius 3 is 1.09 bits per heavy atom. The Morgan fingerprint density at radius 2 is 0.596 bits per heavy atom. The fourth-order valence-corrected chi connectivity index (χ4v) is 7.02. The summed E-state index contributed by atoms with van der Waals surface area (Å²) in [6, 6.07) is 68.2. The van der Waals surface area contributed by atoms with Crippen LogP contribution in [0, 0.1) is 0 Å². The van der Waals surface area contributed by atoms with Gasteiger partial charge in [0.05, 0.1) is 0 Å². The van der Waals surface area contributed by atoms with Gasteiger partial charge < -0.3 is 4.90 Å². The fraction of sp³-hybridized carbons (Fsp3) is 0. The third-order valence-electron chi connectivity index (χ3n) is 9.42. The average molecular weight is 598 g/mol. The number of rotatable bonds is 5. The predicted octanol–water partition coefficient (Wildman–Crippen LogP) is 13.1. The summed E-state index contributed by atoms with van der Waals surface area (Å²) >= 11 is 0. The molecular weight excluding hydrogens is 567 g/mol. The highest BCUT2D eigenvalue weighted by Gasteiger charge is 2.13. The van der Waals surface area contributed by atoms with Gasteiger partial charge in [0.25, 0.3) is 0 Å². The number of hydrogen-bond donors (Lipinski definition) is 0. The summed E-state index contributed by atoms with van der Waals surface area (Å²) in [5, 5.41) is 10.2. The maximum atomic E-state index is 2.33. The molecule has 47 heavy (non-hydrogen) atoms. The van der Waals surface area contributed by atoms with Gasteiger partial charge in [0.1, 0.15) is 0 Å². The van der Waals surface area contributed by atoms with E-state index in [0.29, 0.717) is 0 Å². The van der Waals surface area contributed by atoms with Gasteiger partial charge in [-0.2, -0.15) is 0 Å². The molecule has 0 atom stereocenters. The minimum Gasteiger partial charge on any atom is -0.311 e. The first-order valence-electron chi connectivity index (χ1n) is 16.2. The van der Waals surface area contributed by atoms with Gasteiger partial charge in [-0.3, -0.25) is 0 Å². The van der Waals surface area contributed by atoms with Crippen LogP contribution in [-0.2, 0) is 0 Å². The molecule has 0 aliphatic carbocycles. The molecule has 9 rings (SSSR count). The summed E-state index contributed by atoms with van der Waals surface area (Å²) in [5.41, 5.74) is 8.22. The maximum Gasteiger partial charge on any atom is 0.0462 e. The lowest BCUT2D eigenvalue weighted by molar-refractivity contribution is 1.28. The quantitative estimate of drug-likeness (QED) is 0.178. The van der Waals surface area contributed by atoms with Crippen molar-refractivity contribution in [2.45, 2.75) is 0 Å². The molecule has 0 amide bonds. The molecule has 0 radical (unpaired) electrons. The normalized spacial score (nSPS) is 11.4. The molecular formula is C46H31N. The second-order valence-electron chi connectivity index (χ2n) is 12.2. The Hall–Kier alpha value is -6.18. The number of anilines is 3. The van der Waals surface area contributed by atoms with Crippen LogP contribution in [0.4, 0.5) is 17.1 Å². The number of hydrogen-bond acceptors (Lipinski definition) is 1. The van der Waals surface area contributed by atoms with Gasteiger partial charge in [0.2, 0.25) is 0 Å². The molecule has 220 valence electrons. The summed E-state index contributed by atoms with van der Waals surface area (Å²) in [7, 11) is 0. The van der Waals surface area contributed by atoms with E-state index in [0.717, 1.165) is 17.1 Å². The highest BCUT2D eigenvalue weighted by molar-refractivity contribution is 6.09. The van der Waals surface area contributed by atoms with Crippen molar-refractivity contribution in [1.29, 1.82) is 0 Å². The number of fused-ring (bicyclic) bond motifs is 6. The monoisotopic (exact) mass is 597 g/mol. The molecule has 0 heterocycles. The van der Waals surface area contributed by atoms with E-state index in [1.807, 2.05) is 0 Å². The molecule has 0 spiro atoms. The number of benzene rings is 9. The van der Waals surface area contributed by atoms with E-state index >= 15 is 0 Å². The number of para-hydroxylation sites is 1. The van der Waals surface area contributed by atoms with Gasteiger partial charge in [-0.15, -0.1) is 0 Å². The molecule has 0 saturated carbocycles. The fourth-order valence-electron chi connectivity index (χ4n) is 7.02. The van der Waals surface area contributed by atoms with E-state index in [1.54, 1.807) is 0 Å². The van der Waals surface area contributed by atoms with Crippen LogP contribution in [0.15, 0.2) is 188 Å². The molecule has 0 aliphatic rings. The lowest BCUT2D eigenvalue weighted by atomic mass is 9.97. The summed E-state index contributed by atoms with van der Waals surface area (Å²) in [5.74, 6) is 0. The first-order valence-corrected chi connectivity index (χ1v) is 16.2. The Morgan fingerprint density at radius 1 is 0.234 bits per heavy atom. The highest BCUT2D eigenvalue weighted by Crippen LogP contribution is 2.38. The zero-order chi connectivity index (χ0) is 31.2. The van der Waals surface area contributed by atoms with E-state index in [4.69, 9.17) is 0 Å². The van der Waals surface area contributed by atoms with Crippen LogP contribution in [0.25, 0.3) is 65.3 Å². The summed E-state index contributed by atoms with van der Waals surface area (Å²) < 4.78 is 0. The second kappa shape index (κ2) is 11.3. The molecule has 0 aromatic heterocycles. The molecule has 0 N–H and O–H groups in total. The van der Waals surface area contributed by atoms with Gasteiger partial charge in [-0.05, 0) is 114 Å². The molecule has 9 aromatic carbocycles. The van der Waals surface area contributed by atoms with Crippen LogP contribution in [0.1, 0.15) is 0 Å². The van der Waals surface area contributed by atoms with Gasteiger partial charge in [0.15, 0.2) is 0 Å². The minimum atomic E-state index is 1.12. The molecule has 0 bridgehead atoms. The topological polar surface area (TPSA) is 3.24 Å². The van der Waals surface area contributed by atoms with Crippen molar-refractivity contribution in [1.82, 2.24) is 0 Å². The summed E-state index contributed by atoms with van der Waals surface area (Å²) in [6.07, 6.45) is 0. The van der Waals surface area contributed by atoms with Gasteiger partial charge >= 0.3 is 0 Å². The first-order chi connectivity index (χ1) is 23.3. The van der Waals surface area contributed by atoms with E-state index in [1.165, 1.54) is 65.3 Å². The predicted molar refractivity (Wildman–Crippen MR) is 202 cm³/mol. The van der Waals surface area contributed by atoms with Crippen LogP contribution in [0.2, 0.25) is 0 Å². The van der Waals surface area contributed by atoms with Crippen LogP contribution in [0.3, 0.4) is 0 Å². The van der Waals surface area contributed by atoms with Gasteiger partial charge in [0, 0.05) is 17.1 Å². The highest BCUT2D eigenvalue weighted by atomic mass is 15.1. The maximum absolute atomic E-state index is 2.33. The standard InChI is InChI=1S/C46H31N/c1-2-10-40(11-3-1)47(41-24-18-32(19-25-41)36-22-28-45-38(30-36)16-14-34-8-4-6-12-43(34)45)42-26-20-33(21-27-42)37-23-29-46-39(31-37)17-15-35-9-5-7-13-44(35)46/h1-31H. The SMILES string of the molecule is c1ccc(N(c2ccc(-c3ccc4c(ccc5ccccc54)c3)cc2)c2ccc(-c3ccc4c(ccc5ccccc54)c3)cc2)cc1. The van der Waals surface area contributed by atoms with Crippen molar-refractivity contribution in [3.63, 3.8) is 0 Å². The second-order valence-corrected chi connectivity index (χ2v) is 12.2. The van der Waals surface area contributed by atoms with E-state index in [9.17, 15) is 0 Å². The Kier molecular flexibility index (Phi) is 6.54. The molecule has 9 aromatic rings. The smallest absolute Gasteiger partial charge is 0.0462 e. The molecule has 0 fully saturated rings. The van der Waals surface area contributed by atoms with Crippen molar-refractivity contribution < 1.29 is 0 Å². The first kappa shape index (κ1) is 27.2. The van der Waals surface area contributed by atoms with E-state index in [-0.39, 0.29) is 0 Å². The van der Waals surface area contributed by atoms with Crippen LogP contribution in [0.5, 0.6) is 0 Å². The van der Waals surface area contributed by atoms with E-state index in [2.05, 4.69) is 193 Å². The number of nitrogens with zero attached hydrogens (tertiary/aromatic N) is 1. The molecule has 1 nitrogen and oxygen atoms in total. The lowest BCUT2D eigenvalue weighted by Gasteiger charge is -2.26. The van der Waals surface area contributed by atoms with Crippen LogP contribution < -0.4 is 4.90 Å². The molecule has 0 aliphatic heterocycles. The Balaban J connectivity index is 1.05. The third-order valence-corrected chi connectivity index (χ3v) is 9.42.